The van der Waals surface area contributed by atoms with Crippen molar-refractivity contribution < 1.29 is 13.2 Å². The molecular formula is C19H14F3N3. The van der Waals surface area contributed by atoms with Gasteiger partial charge in [0.2, 0.25) is 0 Å². The lowest BCUT2D eigenvalue weighted by molar-refractivity contribution is -0.141. The zero-order valence-corrected chi connectivity index (χ0v) is 13.1. The second-order valence-electron chi connectivity index (χ2n) is 5.86. The first kappa shape index (κ1) is 15.5. The predicted molar refractivity (Wildman–Crippen MR) is 90.7 cm³/mol. The maximum absolute atomic E-state index is 12.7. The van der Waals surface area contributed by atoms with Crippen LogP contribution in [0.4, 0.5) is 19.0 Å². The Morgan fingerprint density at radius 1 is 0.960 bits per heavy atom. The predicted octanol–water partition coefficient (Wildman–Crippen LogP) is 5.09. The van der Waals surface area contributed by atoms with Crippen molar-refractivity contribution in [2.75, 3.05) is 4.90 Å². The number of anilines is 1. The SMILES string of the molecule is FC(F)(F)c1cc(N2C=Cc3cc(-c4ccccc4)ccc3C2)n[nH]1. The second kappa shape index (κ2) is 5.81. The van der Waals surface area contributed by atoms with E-state index in [1.165, 1.54) is 0 Å². The fourth-order valence-electron chi connectivity index (χ4n) is 2.87. The van der Waals surface area contributed by atoms with Crippen LogP contribution in [0.15, 0.2) is 60.8 Å². The van der Waals surface area contributed by atoms with Crippen molar-refractivity contribution in [2.24, 2.45) is 0 Å². The van der Waals surface area contributed by atoms with Gasteiger partial charge in [0.1, 0.15) is 5.69 Å². The number of hydrogen-bond donors (Lipinski definition) is 1. The summed E-state index contributed by atoms with van der Waals surface area (Å²) >= 11 is 0. The van der Waals surface area contributed by atoms with Gasteiger partial charge in [0.25, 0.3) is 0 Å². The number of nitrogens with one attached hydrogen (secondary N) is 1. The first-order valence-corrected chi connectivity index (χ1v) is 7.76. The Morgan fingerprint density at radius 3 is 2.48 bits per heavy atom. The van der Waals surface area contributed by atoms with Crippen LogP contribution in [0.1, 0.15) is 16.8 Å². The van der Waals surface area contributed by atoms with Gasteiger partial charge in [-0.2, -0.15) is 18.3 Å². The van der Waals surface area contributed by atoms with E-state index in [-0.39, 0.29) is 5.82 Å². The van der Waals surface area contributed by atoms with Crippen LogP contribution in [0, 0.1) is 0 Å². The highest BCUT2D eigenvalue weighted by atomic mass is 19.4. The van der Waals surface area contributed by atoms with E-state index in [1.54, 1.807) is 11.1 Å². The molecular weight excluding hydrogens is 327 g/mol. The van der Waals surface area contributed by atoms with E-state index in [0.717, 1.165) is 28.3 Å². The zero-order valence-electron chi connectivity index (χ0n) is 13.1. The van der Waals surface area contributed by atoms with Gasteiger partial charge in [0.05, 0.1) is 0 Å². The number of hydrogen-bond acceptors (Lipinski definition) is 2. The molecule has 0 saturated heterocycles. The van der Waals surface area contributed by atoms with E-state index in [4.69, 9.17) is 0 Å². The molecule has 1 aromatic heterocycles. The number of alkyl halides is 3. The highest BCUT2D eigenvalue weighted by Gasteiger charge is 2.33. The van der Waals surface area contributed by atoms with Gasteiger partial charge >= 0.3 is 6.18 Å². The first-order valence-electron chi connectivity index (χ1n) is 7.76. The number of halogens is 3. The van der Waals surface area contributed by atoms with Crippen LogP contribution < -0.4 is 4.90 Å². The molecule has 1 aliphatic heterocycles. The van der Waals surface area contributed by atoms with Gasteiger partial charge in [0, 0.05) is 18.8 Å². The summed E-state index contributed by atoms with van der Waals surface area (Å²) in [6.45, 7) is 0.475. The molecule has 3 aromatic rings. The van der Waals surface area contributed by atoms with E-state index in [2.05, 4.69) is 11.2 Å². The fourth-order valence-corrected chi connectivity index (χ4v) is 2.87. The van der Waals surface area contributed by atoms with Crippen molar-refractivity contribution in [3.8, 4) is 11.1 Å². The quantitative estimate of drug-likeness (QED) is 0.704. The third-order valence-electron chi connectivity index (χ3n) is 4.19. The van der Waals surface area contributed by atoms with Crippen molar-refractivity contribution in [1.29, 1.82) is 0 Å². The van der Waals surface area contributed by atoms with Crippen molar-refractivity contribution in [1.82, 2.24) is 10.2 Å². The number of rotatable bonds is 2. The van der Waals surface area contributed by atoms with Gasteiger partial charge in [-0.1, -0.05) is 42.5 Å². The smallest absolute Gasteiger partial charge is 0.327 e. The number of H-pyrrole nitrogens is 1. The lowest BCUT2D eigenvalue weighted by atomic mass is 9.97. The molecule has 4 rings (SSSR count). The van der Waals surface area contributed by atoms with E-state index in [0.29, 0.717) is 6.54 Å². The molecule has 0 aliphatic carbocycles. The van der Waals surface area contributed by atoms with Gasteiger partial charge in [-0.05, 0) is 34.4 Å². The highest BCUT2D eigenvalue weighted by Crippen LogP contribution is 2.32. The van der Waals surface area contributed by atoms with Crippen molar-refractivity contribution >= 4 is 11.9 Å². The lowest BCUT2D eigenvalue weighted by Gasteiger charge is -2.23. The summed E-state index contributed by atoms with van der Waals surface area (Å²) in [5.74, 6) is 0.251. The van der Waals surface area contributed by atoms with Gasteiger partial charge in [-0.25, -0.2) is 0 Å². The molecule has 1 aliphatic rings. The Balaban J connectivity index is 1.60. The van der Waals surface area contributed by atoms with Gasteiger partial charge in [-0.15, -0.1) is 0 Å². The minimum atomic E-state index is -4.42. The maximum Gasteiger partial charge on any atom is 0.432 e. The summed E-state index contributed by atoms with van der Waals surface area (Å²) in [7, 11) is 0. The molecule has 1 N–H and O–H groups in total. The zero-order chi connectivity index (χ0) is 17.4. The van der Waals surface area contributed by atoms with E-state index >= 15 is 0 Å². The molecule has 126 valence electrons. The lowest BCUT2D eigenvalue weighted by Crippen LogP contribution is -2.19. The minimum absolute atomic E-state index is 0.251. The van der Waals surface area contributed by atoms with Gasteiger partial charge in [0.15, 0.2) is 5.82 Å². The molecule has 0 amide bonds. The molecule has 0 radical (unpaired) electrons. The summed E-state index contributed by atoms with van der Waals surface area (Å²) < 4.78 is 38.1. The third kappa shape index (κ3) is 3.03. The molecule has 0 fully saturated rings. The second-order valence-corrected chi connectivity index (χ2v) is 5.86. The summed E-state index contributed by atoms with van der Waals surface area (Å²) in [5, 5.41) is 5.82. The normalized spacial score (nSPS) is 13.8. The molecule has 25 heavy (non-hydrogen) atoms. The van der Waals surface area contributed by atoms with Crippen LogP contribution in [0.3, 0.4) is 0 Å². The van der Waals surface area contributed by atoms with E-state index in [1.807, 2.05) is 53.6 Å². The van der Waals surface area contributed by atoms with Crippen LogP contribution in [0.25, 0.3) is 17.2 Å². The van der Waals surface area contributed by atoms with Crippen molar-refractivity contribution in [3.63, 3.8) is 0 Å². The number of nitrogens with zero attached hydrogens (tertiary/aromatic N) is 2. The maximum atomic E-state index is 12.7. The fraction of sp³-hybridized carbons (Fsp3) is 0.105. The minimum Gasteiger partial charge on any atom is -0.327 e. The van der Waals surface area contributed by atoms with Gasteiger partial charge < -0.3 is 4.90 Å². The number of aromatic amines is 1. The number of benzene rings is 2. The average molecular weight is 341 g/mol. The summed E-state index contributed by atoms with van der Waals surface area (Å²) in [4.78, 5) is 1.69. The Bertz CT molecular complexity index is 927. The largest absolute Gasteiger partial charge is 0.432 e. The topological polar surface area (TPSA) is 31.9 Å². The molecule has 0 saturated carbocycles. The first-order chi connectivity index (χ1) is 12.0. The standard InChI is InChI=1S/C19H14F3N3/c20-19(21,22)17-11-18(24-23-17)25-9-8-15-10-14(6-7-16(15)12-25)13-4-2-1-3-5-13/h1-11H,12H2,(H,23,24). The molecule has 0 unspecified atom stereocenters. The molecule has 6 heteroatoms. The molecule has 0 spiro atoms. The van der Waals surface area contributed by atoms with Crippen LogP contribution in [-0.4, -0.2) is 10.2 Å². The Kier molecular flexibility index (Phi) is 3.60. The Morgan fingerprint density at radius 2 is 1.76 bits per heavy atom. The van der Waals surface area contributed by atoms with Crippen LogP contribution >= 0.6 is 0 Å². The molecule has 0 atom stereocenters. The molecule has 0 bridgehead atoms. The van der Waals surface area contributed by atoms with Gasteiger partial charge in [-0.3, -0.25) is 5.10 Å². The Labute approximate surface area is 142 Å². The monoisotopic (exact) mass is 341 g/mol. The number of fused-ring (bicyclic) bond motifs is 1. The molecule has 2 heterocycles. The summed E-state index contributed by atoms with van der Waals surface area (Å²) in [5.41, 5.74) is 3.49. The third-order valence-corrected chi connectivity index (χ3v) is 4.19. The summed E-state index contributed by atoms with van der Waals surface area (Å²) in [6, 6.07) is 17.2. The number of aromatic nitrogens is 2. The average Bonchev–Trinajstić information content (AvgIpc) is 3.12. The summed E-state index contributed by atoms with van der Waals surface area (Å²) in [6.07, 6.45) is -0.770. The van der Waals surface area contributed by atoms with Crippen molar-refractivity contribution in [3.05, 3.63) is 77.6 Å². The van der Waals surface area contributed by atoms with Crippen LogP contribution in [0.5, 0.6) is 0 Å². The van der Waals surface area contributed by atoms with E-state index < -0.39 is 11.9 Å². The highest BCUT2D eigenvalue weighted by molar-refractivity contribution is 5.71. The van der Waals surface area contributed by atoms with Crippen LogP contribution in [0.2, 0.25) is 0 Å². The van der Waals surface area contributed by atoms with E-state index in [9.17, 15) is 13.2 Å². The van der Waals surface area contributed by atoms with Crippen molar-refractivity contribution in [2.45, 2.75) is 12.7 Å². The van der Waals surface area contributed by atoms with Crippen LogP contribution in [-0.2, 0) is 12.7 Å². The molecule has 3 nitrogen and oxygen atoms in total. The Hall–Kier alpha value is -3.02. The molecule has 2 aromatic carbocycles.